The number of aryl methyl sites for hydroxylation is 2. The van der Waals surface area contributed by atoms with Crippen LogP contribution in [-0.4, -0.2) is 29.2 Å². The van der Waals surface area contributed by atoms with Crippen molar-refractivity contribution in [2.45, 2.75) is 38.8 Å². The fraction of sp³-hybridized carbons (Fsp3) is 0.412. The molecule has 23 heavy (non-hydrogen) atoms. The first-order chi connectivity index (χ1) is 11.0. The lowest BCUT2D eigenvalue weighted by Gasteiger charge is -2.18. The number of nitrogens with zero attached hydrogens (tertiary/aromatic N) is 2. The summed E-state index contributed by atoms with van der Waals surface area (Å²) in [4.78, 5) is 14.0. The van der Waals surface area contributed by atoms with E-state index in [4.69, 9.17) is 16.1 Å². The molecule has 1 aliphatic rings. The highest BCUT2D eigenvalue weighted by molar-refractivity contribution is 6.31. The van der Waals surface area contributed by atoms with Crippen LogP contribution in [0.3, 0.4) is 0 Å². The zero-order valence-corrected chi connectivity index (χ0v) is 14.2. The SMILES string of the molecule is Cc1noc(C)c1CN(C)C(=O)N[C@H]1C[C@H]1c1ccccc1Cl. The van der Waals surface area contributed by atoms with Crippen LogP contribution in [0.2, 0.25) is 5.02 Å². The quantitative estimate of drug-likeness (QED) is 0.929. The molecular weight excluding hydrogens is 314 g/mol. The van der Waals surface area contributed by atoms with Gasteiger partial charge in [0.2, 0.25) is 0 Å². The largest absolute Gasteiger partial charge is 0.361 e. The van der Waals surface area contributed by atoms with Crippen LogP contribution in [-0.2, 0) is 6.54 Å². The molecule has 5 nitrogen and oxygen atoms in total. The summed E-state index contributed by atoms with van der Waals surface area (Å²) in [5.74, 6) is 1.06. The van der Waals surface area contributed by atoms with Gasteiger partial charge in [0.05, 0.1) is 12.2 Å². The molecule has 0 aliphatic heterocycles. The molecule has 1 heterocycles. The molecule has 3 rings (SSSR count). The number of rotatable bonds is 4. The summed E-state index contributed by atoms with van der Waals surface area (Å²) in [6.07, 6.45) is 0.925. The summed E-state index contributed by atoms with van der Waals surface area (Å²) in [6.45, 7) is 4.22. The van der Waals surface area contributed by atoms with Crippen molar-refractivity contribution in [1.82, 2.24) is 15.4 Å². The number of benzene rings is 1. The zero-order valence-electron chi connectivity index (χ0n) is 13.5. The highest BCUT2D eigenvalue weighted by Crippen LogP contribution is 2.43. The third kappa shape index (κ3) is 3.34. The molecule has 0 bridgehead atoms. The molecule has 0 spiro atoms. The van der Waals surface area contributed by atoms with Crippen molar-refractivity contribution in [2.24, 2.45) is 0 Å². The molecule has 1 aromatic heterocycles. The number of nitrogens with one attached hydrogen (secondary N) is 1. The molecule has 2 aromatic rings. The number of amides is 2. The number of aromatic nitrogens is 1. The van der Waals surface area contributed by atoms with Gasteiger partial charge in [-0.15, -0.1) is 0 Å². The third-order valence-corrected chi connectivity index (χ3v) is 4.67. The molecule has 2 atom stereocenters. The number of carbonyl (C=O) groups is 1. The Morgan fingerprint density at radius 2 is 2.17 bits per heavy atom. The average Bonchev–Trinajstić information content (AvgIpc) is 3.21. The number of urea groups is 1. The minimum Gasteiger partial charge on any atom is -0.361 e. The van der Waals surface area contributed by atoms with Crippen LogP contribution in [0, 0.1) is 13.8 Å². The average molecular weight is 334 g/mol. The van der Waals surface area contributed by atoms with E-state index in [-0.39, 0.29) is 12.1 Å². The van der Waals surface area contributed by atoms with Crippen molar-refractivity contribution in [3.8, 4) is 0 Å². The van der Waals surface area contributed by atoms with Crippen LogP contribution in [0.25, 0.3) is 0 Å². The van der Waals surface area contributed by atoms with E-state index in [0.717, 1.165) is 34.0 Å². The van der Waals surface area contributed by atoms with Crippen molar-refractivity contribution in [2.75, 3.05) is 7.05 Å². The maximum Gasteiger partial charge on any atom is 0.317 e. The van der Waals surface area contributed by atoms with E-state index >= 15 is 0 Å². The lowest BCUT2D eigenvalue weighted by atomic mass is 10.1. The predicted octanol–water partition coefficient (Wildman–Crippen LogP) is 3.64. The van der Waals surface area contributed by atoms with Crippen LogP contribution < -0.4 is 5.32 Å². The first-order valence-corrected chi connectivity index (χ1v) is 8.03. The lowest BCUT2D eigenvalue weighted by molar-refractivity contribution is 0.206. The second-order valence-electron chi connectivity index (χ2n) is 6.08. The number of halogens is 1. The highest BCUT2D eigenvalue weighted by Gasteiger charge is 2.41. The summed E-state index contributed by atoms with van der Waals surface area (Å²) in [5.41, 5.74) is 2.89. The first-order valence-electron chi connectivity index (χ1n) is 7.65. The van der Waals surface area contributed by atoms with E-state index in [0.29, 0.717) is 12.5 Å². The summed E-state index contributed by atoms with van der Waals surface area (Å²) >= 11 is 6.21. The Hall–Kier alpha value is -2.01. The molecule has 1 saturated carbocycles. The Morgan fingerprint density at radius 3 is 2.83 bits per heavy atom. The van der Waals surface area contributed by atoms with Gasteiger partial charge in [-0.2, -0.15) is 0 Å². The van der Waals surface area contributed by atoms with Gasteiger partial charge in [0.1, 0.15) is 5.76 Å². The first kappa shape index (κ1) is 15.9. The van der Waals surface area contributed by atoms with Gasteiger partial charge in [0.25, 0.3) is 0 Å². The van der Waals surface area contributed by atoms with E-state index < -0.39 is 0 Å². The second-order valence-corrected chi connectivity index (χ2v) is 6.49. The van der Waals surface area contributed by atoms with Crippen LogP contribution in [0.5, 0.6) is 0 Å². The Kier molecular flexibility index (Phi) is 4.31. The van der Waals surface area contributed by atoms with Gasteiger partial charge in [0.15, 0.2) is 0 Å². The van der Waals surface area contributed by atoms with Gasteiger partial charge in [-0.3, -0.25) is 0 Å². The maximum atomic E-state index is 12.3. The van der Waals surface area contributed by atoms with Crippen molar-refractivity contribution >= 4 is 17.6 Å². The maximum absolute atomic E-state index is 12.3. The van der Waals surface area contributed by atoms with E-state index in [1.54, 1.807) is 11.9 Å². The predicted molar refractivity (Wildman–Crippen MR) is 88.6 cm³/mol. The summed E-state index contributed by atoms with van der Waals surface area (Å²) in [6, 6.07) is 7.85. The number of carbonyl (C=O) groups excluding carboxylic acids is 1. The summed E-state index contributed by atoms with van der Waals surface area (Å²) in [5, 5.41) is 7.74. The normalized spacial score (nSPS) is 19.5. The Balaban J connectivity index is 1.57. The molecule has 0 unspecified atom stereocenters. The van der Waals surface area contributed by atoms with E-state index in [1.165, 1.54) is 0 Å². The van der Waals surface area contributed by atoms with Crippen molar-refractivity contribution in [3.63, 3.8) is 0 Å². The van der Waals surface area contributed by atoms with Crippen molar-refractivity contribution < 1.29 is 9.32 Å². The van der Waals surface area contributed by atoms with Crippen LogP contribution in [0.4, 0.5) is 4.79 Å². The smallest absolute Gasteiger partial charge is 0.317 e. The molecule has 1 aromatic carbocycles. The van der Waals surface area contributed by atoms with E-state index in [1.807, 2.05) is 38.1 Å². The van der Waals surface area contributed by atoms with Gasteiger partial charge in [0, 0.05) is 29.6 Å². The highest BCUT2D eigenvalue weighted by atomic mass is 35.5. The Morgan fingerprint density at radius 1 is 1.43 bits per heavy atom. The molecule has 0 saturated heterocycles. The van der Waals surface area contributed by atoms with Crippen LogP contribution in [0.15, 0.2) is 28.8 Å². The molecule has 122 valence electrons. The number of hydrogen-bond acceptors (Lipinski definition) is 3. The number of hydrogen-bond donors (Lipinski definition) is 1. The monoisotopic (exact) mass is 333 g/mol. The lowest BCUT2D eigenvalue weighted by Crippen LogP contribution is -2.38. The standard InChI is InChI=1S/C17H20ClN3O2/c1-10-14(11(2)23-20-10)9-21(3)17(22)19-16-8-13(16)12-6-4-5-7-15(12)18/h4-7,13,16H,8-9H2,1-3H3,(H,19,22)/t13-,16-/m0/s1. The van der Waals surface area contributed by atoms with Gasteiger partial charge in [-0.25, -0.2) is 4.79 Å². The Labute approximate surface area is 140 Å². The van der Waals surface area contributed by atoms with Gasteiger partial charge in [-0.1, -0.05) is 35.0 Å². The van der Waals surface area contributed by atoms with E-state index in [9.17, 15) is 4.79 Å². The second kappa shape index (κ2) is 6.24. The fourth-order valence-corrected chi connectivity index (χ4v) is 3.06. The van der Waals surface area contributed by atoms with Crippen LogP contribution >= 0.6 is 11.6 Å². The molecule has 1 N–H and O–H groups in total. The fourth-order valence-electron chi connectivity index (χ4n) is 2.78. The molecule has 1 aliphatic carbocycles. The molecule has 0 radical (unpaired) electrons. The third-order valence-electron chi connectivity index (χ3n) is 4.33. The van der Waals surface area contributed by atoms with Crippen LogP contribution in [0.1, 0.15) is 34.9 Å². The van der Waals surface area contributed by atoms with Gasteiger partial charge < -0.3 is 14.7 Å². The summed E-state index contributed by atoms with van der Waals surface area (Å²) in [7, 11) is 1.77. The molecule has 2 amide bonds. The van der Waals surface area contributed by atoms with E-state index in [2.05, 4.69) is 10.5 Å². The molecule has 6 heteroatoms. The van der Waals surface area contributed by atoms with Gasteiger partial charge in [-0.05, 0) is 31.9 Å². The zero-order chi connectivity index (χ0) is 16.6. The molecular formula is C17H20ClN3O2. The topological polar surface area (TPSA) is 58.4 Å². The Bertz CT molecular complexity index is 709. The summed E-state index contributed by atoms with van der Waals surface area (Å²) < 4.78 is 5.13. The van der Waals surface area contributed by atoms with Gasteiger partial charge >= 0.3 is 6.03 Å². The molecule has 1 fully saturated rings. The van der Waals surface area contributed by atoms with Crippen molar-refractivity contribution in [1.29, 1.82) is 0 Å². The minimum atomic E-state index is -0.0930. The van der Waals surface area contributed by atoms with Crippen molar-refractivity contribution in [3.05, 3.63) is 51.9 Å². The minimum absolute atomic E-state index is 0.0930.